The molecule has 1 heterocycles. The molecule has 1 N–H and O–H groups in total. The third kappa shape index (κ3) is 5.32. The highest BCUT2D eigenvalue weighted by atomic mass is 32.2. The average Bonchev–Trinajstić information content (AvgIpc) is 2.69. The fraction of sp³-hybridized carbons (Fsp3) is 0.769. The zero-order valence-corrected chi connectivity index (χ0v) is 13.0. The predicted octanol–water partition coefficient (Wildman–Crippen LogP) is 1.52. The van der Waals surface area contributed by atoms with E-state index in [1.807, 2.05) is 20.0 Å². The fourth-order valence-corrected chi connectivity index (χ4v) is 3.20. The van der Waals surface area contributed by atoms with E-state index in [-0.39, 0.29) is 11.5 Å². The molecule has 0 amide bonds. The van der Waals surface area contributed by atoms with E-state index >= 15 is 0 Å². The number of hydrogen-bond donors (Lipinski definition) is 1. The van der Waals surface area contributed by atoms with Crippen LogP contribution in [-0.2, 0) is 22.9 Å². The Hall–Kier alpha value is -0.880. The van der Waals surface area contributed by atoms with Crippen molar-refractivity contribution in [1.29, 1.82) is 0 Å². The summed E-state index contributed by atoms with van der Waals surface area (Å²) in [6.07, 6.45) is 3.60. The minimum atomic E-state index is -2.93. The Bertz CT molecular complexity index is 480. The molecule has 5 nitrogen and oxygen atoms in total. The van der Waals surface area contributed by atoms with Crippen LogP contribution in [0.5, 0.6) is 0 Å². The molecule has 1 aromatic rings. The van der Waals surface area contributed by atoms with Gasteiger partial charge >= 0.3 is 0 Å². The zero-order valence-electron chi connectivity index (χ0n) is 12.1. The summed E-state index contributed by atoms with van der Waals surface area (Å²) in [6, 6.07) is 0. The number of nitrogens with zero attached hydrogens (tertiary/aromatic N) is 2. The smallest absolute Gasteiger partial charge is 0.152 e. The van der Waals surface area contributed by atoms with Gasteiger partial charge in [0.05, 0.1) is 18.5 Å². The van der Waals surface area contributed by atoms with Crippen LogP contribution in [0, 0.1) is 6.92 Å². The molecule has 0 spiro atoms. The molecule has 1 aromatic heterocycles. The Labute approximate surface area is 116 Å². The fourth-order valence-electron chi connectivity index (χ4n) is 1.92. The largest absolute Gasteiger partial charge is 0.313 e. The van der Waals surface area contributed by atoms with E-state index in [2.05, 4.69) is 17.3 Å². The van der Waals surface area contributed by atoms with Crippen molar-refractivity contribution >= 4 is 9.84 Å². The normalized spacial score (nSPS) is 11.9. The van der Waals surface area contributed by atoms with Gasteiger partial charge in [-0.05, 0) is 26.3 Å². The van der Waals surface area contributed by atoms with Crippen molar-refractivity contribution in [2.24, 2.45) is 0 Å². The Morgan fingerprint density at radius 1 is 1.26 bits per heavy atom. The maximum Gasteiger partial charge on any atom is 0.152 e. The van der Waals surface area contributed by atoms with Gasteiger partial charge in [-0.1, -0.05) is 13.8 Å². The molecule has 110 valence electrons. The maximum atomic E-state index is 11.7. The monoisotopic (exact) mass is 287 g/mol. The number of nitrogens with one attached hydrogen (secondary N) is 1. The molecule has 0 aromatic carbocycles. The maximum absolute atomic E-state index is 11.7. The Morgan fingerprint density at radius 2 is 2.00 bits per heavy atom. The van der Waals surface area contributed by atoms with Crippen molar-refractivity contribution in [3.8, 4) is 0 Å². The highest BCUT2D eigenvalue weighted by molar-refractivity contribution is 7.91. The summed E-state index contributed by atoms with van der Waals surface area (Å²) in [4.78, 5) is 0. The second kappa shape index (κ2) is 7.65. The molecule has 6 heteroatoms. The summed E-state index contributed by atoms with van der Waals surface area (Å²) in [5.41, 5.74) is 2.19. The lowest BCUT2D eigenvalue weighted by molar-refractivity contribution is 0.575. The van der Waals surface area contributed by atoms with E-state index in [0.29, 0.717) is 13.0 Å². The summed E-state index contributed by atoms with van der Waals surface area (Å²) in [7, 11) is -2.93. The molecular formula is C13H25N3O2S. The van der Waals surface area contributed by atoms with Crippen LogP contribution in [-0.4, -0.2) is 36.2 Å². The molecule has 19 heavy (non-hydrogen) atoms. The van der Waals surface area contributed by atoms with Gasteiger partial charge in [-0.3, -0.25) is 4.68 Å². The summed E-state index contributed by atoms with van der Waals surface area (Å²) in [6.45, 7) is 8.22. The van der Waals surface area contributed by atoms with E-state index in [0.717, 1.165) is 30.8 Å². The van der Waals surface area contributed by atoms with E-state index in [4.69, 9.17) is 0 Å². The van der Waals surface area contributed by atoms with E-state index in [1.54, 1.807) is 4.68 Å². The lowest BCUT2D eigenvalue weighted by Crippen LogP contribution is -2.18. The van der Waals surface area contributed by atoms with Crippen molar-refractivity contribution < 1.29 is 8.42 Å². The van der Waals surface area contributed by atoms with Gasteiger partial charge in [0.2, 0.25) is 0 Å². The van der Waals surface area contributed by atoms with Crippen molar-refractivity contribution in [2.45, 2.75) is 46.7 Å². The van der Waals surface area contributed by atoms with Gasteiger partial charge in [-0.25, -0.2) is 8.42 Å². The first kappa shape index (κ1) is 16.2. The number of hydrogen-bond acceptors (Lipinski definition) is 4. The lowest BCUT2D eigenvalue weighted by atomic mass is 10.2. The molecule has 0 aliphatic rings. The molecule has 1 rings (SSSR count). The van der Waals surface area contributed by atoms with Gasteiger partial charge in [-0.2, -0.15) is 5.10 Å². The molecule has 0 saturated carbocycles. The summed E-state index contributed by atoms with van der Waals surface area (Å²) >= 11 is 0. The van der Waals surface area contributed by atoms with E-state index < -0.39 is 9.84 Å². The topological polar surface area (TPSA) is 64.0 Å². The molecule has 0 unspecified atom stereocenters. The Balaban J connectivity index is 2.56. The van der Waals surface area contributed by atoms with Gasteiger partial charge in [0, 0.05) is 23.6 Å². The molecule has 0 aliphatic carbocycles. The quantitative estimate of drug-likeness (QED) is 0.699. The highest BCUT2D eigenvalue weighted by Gasteiger charge is 2.12. The van der Waals surface area contributed by atoms with Crippen LogP contribution in [0.25, 0.3) is 0 Å². The van der Waals surface area contributed by atoms with Crippen LogP contribution >= 0.6 is 0 Å². The first-order valence-corrected chi connectivity index (χ1v) is 8.74. The number of aryl methyl sites for hydroxylation is 1. The van der Waals surface area contributed by atoms with Gasteiger partial charge in [0.25, 0.3) is 0 Å². The first-order valence-electron chi connectivity index (χ1n) is 6.92. The standard InChI is InChI=1S/C13H25N3O2S/c1-4-6-14-10-13-11-15-16(12(13)3)7-9-19(17,18)8-5-2/h11,14H,4-10H2,1-3H3. The van der Waals surface area contributed by atoms with Crippen LogP contribution in [0.15, 0.2) is 6.20 Å². The second-order valence-corrected chi connectivity index (χ2v) is 7.11. The average molecular weight is 287 g/mol. The van der Waals surface area contributed by atoms with E-state index in [1.165, 1.54) is 0 Å². The minimum absolute atomic E-state index is 0.172. The Kier molecular flexibility index (Phi) is 6.51. The zero-order chi connectivity index (χ0) is 14.3. The highest BCUT2D eigenvalue weighted by Crippen LogP contribution is 2.07. The summed E-state index contributed by atoms with van der Waals surface area (Å²) in [5, 5.41) is 7.60. The molecule has 0 radical (unpaired) electrons. The summed E-state index contributed by atoms with van der Waals surface area (Å²) < 4.78 is 25.1. The second-order valence-electron chi connectivity index (χ2n) is 4.81. The van der Waals surface area contributed by atoms with Crippen molar-refractivity contribution in [3.63, 3.8) is 0 Å². The van der Waals surface area contributed by atoms with Gasteiger partial charge in [0.1, 0.15) is 0 Å². The van der Waals surface area contributed by atoms with Crippen LogP contribution in [0.3, 0.4) is 0 Å². The SMILES string of the molecule is CCCNCc1cnn(CCS(=O)(=O)CCC)c1C. The predicted molar refractivity (Wildman–Crippen MR) is 77.9 cm³/mol. The molecular weight excluding hydrogens is 262 g/mol. The minimum Gasteiger partial charge on any atom is -0.313 e. The third-order valence-corrected chi connectivity index (χ3v) is 4.91. The van der Waals surface area contributed by atoms with Crippen molar-refractivity contribution in [2.75, 3.05) is 18.1 Å². The molecule has 0 saturated heterocycles. The van der Waals surface area contributed by atoms with Crippen LogP contribution < -0.4 is 5.32 Å². The first-order chi connectivity index (χ1) is 9.00. The third-order valence-electron chi connectivity index (χ3n) is 3.08. The summed E-state index contributed by atoms with van der Waals surface area (Å²) in [5.74, 6) is 0.434. The number of aromatic nitrogens is 2. The lowest BCUT2D eigenvalue weighted by Gasteiger charge is -2.07. The van der Waals surface area contributed by atoms with Crippen molar-refractivity contribution in [3.05, 3.63) is 17.5 Å². The molecule has 0 aliphatic heterocycles. The van der Waals surface area contributed by atoms with Gasteiger partial charge in [-0.15, -0.1) is 0 Å². The Morgan fingerprint density at radius 3 is 2.63 bits per heavy atom. The van der Waals surface area contributed by atoms with Crippen molar-refractivity contribution in [1.82, 2.24) is 15.1 Å². The van der Waals surface area contributed by atoms with Crippen LogP contribution in [0.4, 0.5) is 0 Å². The molecule has 0 bridgehead atoms. The van der Waals surface area contributed by atoms with Crippen LogP contribution in [0.2, 0.25) is 0 Å². The van der Waals surface area contributed by atoms with Crippen LogP contribution in [0.1, 0.15) is 37.9 Å². The van der Waals surface area contributed by atoms with Gasteiger partial charge in [0.15, 0.2) is 9.84 Å². The van der Waals surface area contributed by atoms with Gasteiger partial charge < -0.3 is 5.32 Å². The molecule has 0 atom stereocenters. The molecule has 0 fully saturated rings. The number of sulfone groups is 1. The van der Waals surface area contributed by atoms with E-state index in [9.17, 15) is 8.42 Å². The number of rotatable bonds is 9.